The molecule has 4 atom stereocenters. The molecule has 0 aromatic heterocycles. The zero-order chi connectivity index (χ0) is 13.0. The number of nitrogens with two attached hydrogens (primary N) is 1. The van der Waals surface area contributed by atoms with Crippen molar-refractivity contribution in [1.82, 2.24) is 5.32 Å². The van der Waals surface area contributed by atoms with Gasteiger partial charge in [-0.2, -0.15) is 0 Å². The van der Waals surface area contributed by atoms with E-state index in [9.17, 15) is 9.90 Å². The van der Waals surface area contributed by atoms with Crippen molar-refractivity contribution in [2.24, 2.45) is 23.5 Å². The van der Waals surface area contributed by atoms with Crippen molar-refractivity contribution >= 4 is 5.91 Å². The fourth-order valence-corrected chi connectivity index (χ4v) is 3.49. The van der Waals surface area contributed by atoms with E-state index in [-0.39, 0.29) is 17.9 Å². The summed E-state index contributed by atoms with van der Waals surface area (Å²) in [6.45, 7) is 1.35. The highest BCUT2D eigenvalue weighted by Gasteiger charge is 2.32. The molecule has 4 N–H and O–H groups in total. The largest absolute Gasteiger partial charge is 0.393 e. The summed E-state index contributed by atoms with van der Waals surface area (Å²) in [5.74, 6) is 1.14. The highest BCUT2D eigenvalue weighted by atomic mass is 16.3. The fourth-order valence-electron chi connectivity index (χ4n) is 3.49. The third kappa shape index (κ3) is 3.45. The molecule has 4 heteroatoms. The van der Waals surface area contributed by atoms with Crippen LogP contribution in [0.1, 0.15) is 44.9 Å². The Hall–Kier alpha value is -0.610. The first-order valence-corrected chi connectivity index (χ1v) is 7.36. The first-order valence-electron chi connectivity index (χ1n) is 7.36. The average molecular weight is 254 g/mol. The van der Waals surface area contributed by atoms with Crippen molar-refractivity contribution in [3.63, 3.8) is 0 Å². The maximum Gasteiger partial charge on any atom is 0.223 e. The number of hydrogen-bond acceptors (Lipinski definition) is 3. The topological polar surface area (TPSA) is 75.4 Å². The van der Waals surface area contributed by atoms with Crippen LogP contribution >= 0.6 is 0 Å². The second-order valence-electron chi connectivity index (χ2n) is 5.96. The molecule has 104 valence electrons. The molecule has 0 heterocycles. The van der Waals surface area contributed by atoms with Crippen LogP contribution in [0.2, 0.25) is 0 Å². The van der Waals surface area contributed by atoms with Gasteiger partial charge in [-0.1, -0.05) is 12.8 Å². The molecule has 0 aromatic carbocycles. The molecule has 0 aromatic rings. The Morgan fingerprint density at radius 2 is 2.00 bits per heavy atom. The van der Waals surface area contributed by atoms with Gasteiger partial charge in [0.25, 0.3) is 0 Å². The molecular formula is C14H26N2O2. The standard InChI is InChI=1S/C14H26N2O2/c15-8-11-4-2-6-13(11)14(18)16-9-10-3-1-5-12(17)7-10/h10-13,17H,1-9,15H2,(H,16,18). The quantitative estimate of drug-likeness (QED) is 0.701. The van der Waals surface area contributed by atoms with Gasteiger partial charge in [0, 0.05) is 12.5 Å². The summed E-state index contributed by atoms with van der Waals surface area (Å²) in [6.07, 6.45) is 7.01. The molecule has 0 spiro atoms. The summed E-state index contributed by atoms with van der Waals surface area (Å²) in [4.78, 5) is 12.1. The van der Waals surface area contributed by atoms with E-state index in [0.717, 1.165) is 51.5 Å². The molecule has 2 rings (SSSR count). The lowest BCUT2D eigenvalue weighted by atomic mass is 9.87. The summed E-state index contributed by atoms with van der Waals surface area (Å²) in [7, 11) is 0. The van der Waals surface area contributed by atoms with Gasteiger partial charge in [0.05, 0.1) is 6.10 Å². The smallest absolute Gasteiger partial charge is 0.223 e. The lowest BCUT2D eigenvalue weighted by molar-refractivity contribution is -0.126. The van der Waals surface area contributed by atoms with Gasteiger partial charge in [-0.15, -0.1) is 0 Å². The van der Waals surface area contributed by atoms with Crippen molar-refractivity contribution < 1.29 is 9.90 Å². The Morgan fingerprint density at radius 3 is 2.72 bits per heavy atom. The summed E-state index contributed by atoms with van der Waals surface area (Å²) in [6, 6.07) is 0. The number of aliphatic hydroxyl groups excluding tert-OH is 1. The van der Waals surface area contributed by atoms with Gasteiger partial charge >= 0.3 is 0 Å². The number of nitrogens with one attached hydrogen (secondary N) is 1. The van der Waals surface area contributed by atoms with Crippen molar-refractivity contribution in [2.45, 2.75) is 51.0 Å². The van der Waals surface area contributed by atoms with Crippen LogP contribution in [-0.2, 0) is 4.79 Å². The van der Waals surface area contributed by atoms with Crippen molar-refractivity contribution in [2.75, 3.05) is 13.1 Å². The molecule has 0 radical (unpaired) electrons. The van der Waals surface area contributed by atoms with E-state index in [1.54, 1.807) is 0 Å². The zero-order valence-corrected chi connectivity index (χ0v) is 11.1. The van der Waals surface area contributed by atoms with Gasteiger partial charge in [0.15, 0.2) is 0 Å². The molecule has 0 saturated heterocycles. The molecule has 2 fully saturated rings. The Bertz CT molecular complexity index is 283. The predicted molar refractivity (Wildman–Crippen MR) is 70.9 cm³/mol. The van der Waals surface area contributed by atoms with Crippen LogP contribution in [0, 0.1) is 17.8 Å². The third-order valence-corrected chi connectivity index (χ3v) is 4.62. The lowest BCUT2D eigenvalue weighted by Gasteiger charge is -2.27. The van der Waals surface area contributed by atoms with E-state index in [4.69, 9.17) is 5.73 Å². The van der Waals surface area contributed by atoms with Crippen molar-refractivity contribution in [1.29, 1.82) is 0 Å². The zero-order valence-electron chi connectivity index (χ0n) is 11.1. The number of amides is 1. The van der Waals surface area contributed by atoms with E-state index in [2.05, 4.69) is 5.32 Å². The number of aliphatic hydroxyl groups is 1. The number of carbonyl (C=O) groups excluding carboxylic acids is 1. The van der Waals surface area contributed by atoms with Crippen LogP contribution in [0.15, 0.2) is 0 Å². The first-order chi connectivity index (χ1) is 8.70. The Morgan fingerprint density at radius 1 is 1.22 bits per heavy atom. The Kier molecular flexibility index (Phi) is 5.01. The number of rotatable bonds is 4. The van der Waals surface area contributed by atoms with Gasteiger partial charge in [0.1, 0.15) is 0 Å². The van der Waals surface area contributed by atoms with Crippen LogP contribution in [0.3, 0.4) is 0 Å². The maximum atomic E-state index is 12.1. The van der Waals surface area contributed by atoms with Crippen LogP contribution < -0.4 is 11.1 Å². The summed E-state index contributed by atoms with van der Waals surface area (Å²) < 4.78 is 0. The molecule has 2 aliphatic carbocycles. The normalized spacial score (nSPS) is 36.6. The molecule has 2 aliphatic rings. The second kappa shape index (κ2) is 6.53. The fraction of sp³-hybridized carbons (Fsp3) is 0.929. The first kappa shape index (κ1) is 13.8. The van der Waals surface area contributed by atoms with E-state index in [1.807, 2.05) is 0 Å². The van der Waals surface area contributed by atoms with Crippen molar-refractivity contribution in [3.05, 3.63) is 0 Å². The van der Waals surface area contributed by atoms with Crippen LogP contribution in [-0.4, -0.2) is 30.2 Å². The van der Waals surface area contributed by atoms with Gasteiger partial charge < -0.3 is 16.2 Å². The van der Waals surface area contributed by atoms with Gasteiger partial charge in [-0.3, -0.25) is 4.79 Å². The Balaban J connectivity index is 1.74. The monoisotopic (exact) mass is 254 g/mol. The van der Waals surface area contributed by atoms with Crippen molar-refractivity contribution in [3.8, 4) is 0 Å². The molecular weight excluding hydrogens is 228 g/mol. The van der Waals surface area contributed by atoms with E-state index in [0.29, 0.717) is 18.4 Å². The Labute approximate surface area is 109 Å². The minimum absolute atomic E-state index is 0.128. The number of hydrogen-bond donors (Lipinski definition) is 3. The van der Waals surface area contributed by atoms with Crippen LogP contribution in [0.5, 0.6) is 0 Å². The SMILES string of the molecule is NCC1CCCC1C(=O)NCC1CCCC(O)C1. The highest BCUT2D eigenvalue weighted by molar-refractivity contribution is 5.79. The van der Waals surface area contributed by atoms with E-state index in [1.165, 1.54) is 0 Å². The van der Waals surface area contributed by atoms with Gasteiger partial charge in [-0.05, 0) is 50.5 Å². The van der Waals surface area contributed by atoms with Gasteiger partial charge in [0.2, 0.25) is 5.91 Å². The third-order valence-electron chi connectivity index (χ3n) is 4.62. The average Bonchev–Trinajstić information content (AvgIpc) is 2.84. The lowest BCUT2D eigenvalue weighted by Crippen LogP contribution is -2.38. The minimum Gasteiger partial charge on any atom is -0.393 e. The molecule has 0 bridgehead atoms. The van der Waals surface area contributed by atoms with Crippen LogP contribution in [0.4, 0.5) is 0 Å². The molecule has 2 saturated carbocycles. The summed E-state index contributed by atoms with van der Waals surface area (Å²) in [5, 5.41) is 12.7. The maximum absolute atomic E-state index is 12.1. The van der Waals surface area contributed by atoms with E-state index < -0.39 is 0 Å². The summed E-state index contributed by atoms with van der Waals surface area (Å²) in [5.41, 5.74) is 5.71. The predicted octanol–water partition coefficient (Wildman–Crippen LogP) is 1.03. The van der Waals surface area contributed by atoms with Gasteiger partial charge in [-0.25, -0.2) is 0 Å². The molecule has 4 unspecified atom stereocenters. The number of carbonyl (C=O) groups is 1. The summed E-state index contributed by atoms with van der Waals surface area (Å²) >= 11 is 0. The molecule has 18 heavy (non-hydrogen) atoms. The second-order valence-corrected chi connectivity index (χ2v) is 5.96. The van der Waals surface area contributed by atoms with Crippen LogP contribution in [0.25, 0.3) is 0 Å². The van der Waals surface area contributed by atoms with E-state index >= 15 is 0 Å². The highest BCUT2D eigenvalue weighted by Crippen LogP contribution is 2.31. The molecule has 1 amide bonds. The molecule has 0 aliphatic heterocycles. The minimum atomic E-state index is -0.163. The molecule has 4 nitrogen and oxygen atoms in total.